The van der Waals surface area contributed by atoms with Crippen molar-refractivity contribution in [3.63, 3.8) is 0 Å². The van der Waals surface area contributed by atoms with Gasteiger partial charge in [-0.3, -0.25) is 14.4 Å². The lowest BCUT2D eigenvalue weighted by Gasteiger charge is -2.32. The Hall–Kier alpha value is -3.22. The summed E-state index contributed by atoms with van der Waals surface area (Å²) in [5.41, 5.74) is 0.897. The number of amides is 3. The molecular weight excluding hydrogens is 337 g/mol. The minimum absolute atomic E-state index is 0.103. The van der Waals surface area contributed by atoms with Crippen LogP contribution in [0.1, 0.15) is 20.7 Å². The smallest absolute Gasteiger partial charge is 0.255 e. The van der Waals surface area contributed by atoms with Crippen molar-refractivity contribution in [3.05, 3.63) is 65.5 Å². The Morgan fingerprint density at radius 3 is 2.15 bits per heavy atom. The zero-order valence-corrected chi connectivity index (χ0v) is 14.0. The lowest BCUT2D eigenvalue weighted by atomic mass is 10.1. The predicted octanol–water partition coefficient (Wildman–Crippen LogP) is 1.99. The van der Waals surface area contributed by atoms with Crippen molar-refractivity contribution < 1.29 is 18.8 Å². The van der Waals surface area contributed by atoms with Gasteiger partial charge in [-0.05, 0) is 36.4 Å². The van der Waals surface area contributed by atoms with E-state index in [1.54, 1.807) is 34.1 Å². The number of benzene rings is 2. The number of para-hydroxylation sites is 1. The van der Waals surface area contributed by atoms with Crippen molar-refractivity contribution in [3.8, 4) is 0 Å². The van der Waals surface area contributed by atoms with E-state index in [4.69, 9.17) is 0 Å². The highest BCUT2D eigenvalue weighted by Gasteiger charge is 2.21. The predicted molar refractivity (Wildman–Crippen MR) is 94.3 cm³/mol. The van der Waals surface area contributed by atoms with Gasteiger partial charge in [-0.2, -0.15) is 0 Å². The molecule has 3 amide bonds. The van der Waals surface area contributed by atoms with Gasteiger partial charge in [0.25, 0.3) is 11.8 Å². The molecule has 2 aromatic carbocycles. The summed E-state index contributed by atoms with van der Waals surface area (Å²) in [5, 5.41) is 2.50. The van der Waals surface area contributed by atoms with Crippen LogP contribution in [0.15, 0.2) is 48.5 Å². The van der Waals surface area contributed by atoms with Crippen LogP contribution in [0, 0.1) is 5.82 Å². The van der Waals surface area contributed by atoms with Crippen LogP contribution in [-0.4, -0.2) is 54.2 Å². The summed E-state index contributed by atoms with van der Waals surface area (Å²) < 4.78 is 13.6. The Kier molecular flexibility index (Phi) is 5.26. The van der Waals surface area contributed by atoms with Crippen LogP contribution in [-0.2, 0) is 4.79 Å². The molecule has 0 unspecified atom stereocenters. The van der Waals surface area contributed by atoms with E-state index in [2.05, 4.69) is 5.32 Å². The second kappa shape index (κ2) is 7.77. The third-order valence-electron chi connectivity index (χ3n) is 4.27. The Balaban J connectivity index is 1.64. The molecule has 0 aromatic heterocycles. The average molecular weight is 355 g/mol. The number of anilines is 1. The van der Waals surface area contributed by atoms with Gasteiger partial charge in [0.2, 0.25) is 6.41 Å². The quantitative estimate of drug-likeness (QED) is 0.853. The normalized spacial score (nSPS) is 14.0. The number of nitrogens with zero attached hydrogens (tertiary/aromatic N) is 2. The molecule has 1 fully saturated rings. The van der Waals surface area contributed by atoms with Gasteiger partial charge in [-0.15, -0.1) is 0 Å². The standard InChI is InChI=1S/C19H18FN3O3/c20-16-3-1-2-4-17(16)21-18(25)14-5-7-15(8-6-14)19(26)23-11-9-22(13-24)10-12-23/h1-8,13H,9-12H2,(H,21,25). The molecule has 1 N–H and O–H groups in total. The molecule has 1 aliphatic heterocycles. The molecule has 6 nitrogen and oxygen atoms in total. The van der Waals surface area contributed by atoms with Gasteiger partial charge >= 0.3 is 0 Å². The van der Waals surface area contributed by atoms with Crippen LogP contribution in [0.3, 0.4) is 0 Å². The number of hydrogen-bond donors (Lipinski definition) is 1. The minimum atomic E-state index is -0.512. The first-order valence-corrected chi connectivity index (χ1v) is 8.23. The van der Waals surface area contributed by atoms with Gasteiger partial charge in [-0.25, -0.2) is 4.39 Å². The number of piperazine rings is 1. The van der Waals surface area contributed by atoms with Crippen LogP contribution in [0.2, 0.25) is 0 Å². The molecule has 0 atom stereocenters. The fourth-order valence-electron chi connectivity index (χ4n) is 2.73. The fraction of sp³-hybridized carbons (Fsp3) is 0.211. The van der Waals surface area contributed by atoms with E-state index < -0.39 is 11.7 Å². The van der Waals surface area contributed by atoms with Gasteiger partial charge in [0, 0.05) is 37.3 Å². The molecule has 0 spiro atoms. The summed E-state index contributed by atoms with van der Waals surface area (Å²) in [6, 6.07) is 12.1. The van der Waals surface area contributed by atoms with Crippen LogP contribution >= 0.6 is 0 Å². The maximum Gasteiger partial charge on any atom is 0.255 e. The average Bonchev–Trinajstić information content (AvgIpc) is 2.69. The molecule has 0 bridgehead atoms. The van der Waals surface area contributed by atoms with Crippen LogP contribution in [0.25, 0.3) is 0 Å². The molecule has 7 heteroatoms. The van der Waals surface area contributed by atoms with Crippen LogP contribution in [0.4, 0.5) is 10.1 Å². The van der Waals surface area contributed by atoms with Crippen molar-refractivity contribution in [1.29, 1.82) is 0 Å². The monoisotopic (exact) mass is 355 g/mol. The molecule has 1 heterocycles. The van der Waals surface area contributed by atoms with Gasteiger partial charge in [-0.1, -0.05) is 12.1 Å². The maximum atomic E-state index is 13.6. The van der Waals surface area contributed by atoms with Crippen molar-refractivity contribution in [2.75, 3.05) is 31.5 Å². The van der Waals surface area contributed by atoms with E-state index in [0.29, 0.717) is 37.3 Å². The summed E-state index contributed by atoms with van der Waals surface area (Å²) in [4.78, 5) is 38.7. The number of hydrogen-bond acceptors (Lipinski definition) is 3. The minimum Gasteiger partial charge on any atom is -0.342 e. The van der Waals surface area contributed by atoms with Crippen molar-refractivity contribution in [1.82, 2.24) is 9.80 Å². The van der Waals surface area contributed by atoms with E-state index in [1.807, 2.05) is 0 Å². The molecule has 26 heavy (non-hydrogen) atoms. The van der Waals surface area contributed by atoms with Gasteiger partial charge in [0.1, 0.15) is 5.82 Å². The SMILES string of the molecule is O=CN1CCN(C(=O)c2ccc(C(=O)Nc3ccccc3F)cc2)CC1. The molecule has 1 saturated heterocycles. The number of rotatable bonds is 4. The zero-order chi connectivity index (χ0) is 18.5. The zero-order valence-electron chi connectivity index (χ0n) is 14.0. The first-order chi connectivity index (χ1) is 12.6. The molecule has 3 rings (SSSR count). The number of carbonyl (C=O) groups excluding carboxylic acids is 3. The number of nitrogens with one attached hydrogen (secondary N) is 1. The third kappa shape index (κ3) is 3.88. The first-order valence-electron chi connectivity index (χ1n) is 8.23. The second-order valence-electron chi connectivity index (χ2n) is 5.94. The van der Waals surface area contributed by atoms with Gasteiger partial charge < -0.3 is 15.1 Å². The first kappa shape index (κ1) is 17.6. The second-order valence-corrected chi connectivity index (χ2v) is 5.94. The Labute approximate surface area is 150 Å². The maximum absolute atomic E-state index is 13.6. The van der Waals surface area contributed by atoms with Gasteiger partial charge in [0.15, 0.2) is 0 Å². The highest BCUT2D eigenvalue weighted by atomic mass is 19.1. The fourth-order valence-corrected chi connectivity index (χ4v) is 2.73. The summed E-state index contributed by atoms with van der Waals surface area (Å²) in [6.07, 6.45) is 0.783. The summed E-state index contributed by atoms with van der Waals surface area (Å²) >= 11 is 0. The van der Waals surface area contributed by atoms with E-state index >= 15 is 0 Å². The highest BCUT2D eigenvalue weighted by Crippen LogP contribution is 2.15. The largest absolute Gasteiger partial charge is 0.342 e. The summed E-state index contributed by atoms with van der Waals surface area (Å²) in [7, 11) is 0. The summed E-state index contributed by atoms with van der Waals surface area (Å²) in [6.45, 7) is 1.98. The number of carbonyl (C=O) groups is 3. The van der Waals surface area contributed by atoms with E-state index in [-0.39, 0.29) is 11.6 Å². The van der Waals surface area contributed by atoms with Gasteiger partial charge in [0.05, 0.1) is 5.69 Å². The molecule has 0 saturated carbocycles. The van der Waals surface area contributed by atoms with E-state index in [9.17, 15) is 18.8 Å². The summed E-state index contributed by atoms with van der Waals surface area (Å²) in [5.74, 6) is -1.10. The van der Waals surface area contributed by atoms with Crippen LogP contribution in [0.5, 0.6) is 0 Å². The van der Waals surface area contributed by atoms with Crippen LogP contribution < -0.4 is 5.32 Å². The molecule has 0 aliphatic carbocycles. The third-order valence-corrected chi connectivity index (χ3v) is 4.27. The Bertz CT molecular complexity index is 815. The van der Waals surface area contributed by atoms with Crippen molar-refractivity contribution in [2.24, 2.45) is 0 Å². The molecule has 1 aliphatic rings. The van der Waals surface area contributed by atoms with E-state index in [1.165, 1.54) is 24.3 Å². The van der Waals surface area contributed by atoms with Crippen molar-refractivity contribution >= 4 is 23.9 Å². The lowest BCUT2D eigenvalue weighted by Crippen LogP contribution is -2.48. The topological polar surface area (TPSA) is 69.7 Å². The molecule has 0 radical (unpaired) electrons. The Morgan fingerprint density at radius 1 is 0.923 bits per heavy atom. The van der Waals surface area contributed by atoms with E-state index in [0.717, 1.165) is 6.41 Å². The lowest BCUT2D eigenvalue weighted by molar-refractivity contribution is -0.119. The molecule has 2 aromatic rings. The molecule has 134 valence electrons. The highest BCUT2D eigenvalue weighted by molar-refractivity contribution is 6.05. The Morgan fingerprint density at radius 2 is 1.54 bits per heavy atom. The molecular formula is C19H18FN3O3. The number of halogens is 1. The van der Waals surface area contributed by atoms with Crippen molar-refractivity contribution in [2.45, 2.75) is 0 Å².